The van der Waals surface area contributed by atoms with Crippen LogP contribution in [0.5, 0.6) is 5.75 Å². The molecule has 1 N–H and O–H groups in total. The number of pyridine rings is 1. The topological polar surface area (TPSA) is 37.4 Å². The van der Waals surface area contributed by atoms with Crippen LogP contribution in [-0.2, 0) is 0 Å². The minimum atomic E-state index is 0.512. The summed E-state index contributed by atoms with van der Waals surface area (Å²) in [4.78, 5) is 6.85. The van der Waals surface area contributed by atoms with Crippen molar-refractivity contribution in [2.75, 3.05) is 31.1 Å². The molecule has 0 bridgehead atoms. The fourth-order valence-corrected chi connectivity index (χ4v) is 2.27. The fraction of sp³-hybridized carbons (Fsp3) is 0.615. The molecule has 0 spiro atoms. The normalized spacial score (nSPS) is 20.4. The lowest BCUT2D eigenvalue weighted by Crippen LogP contribution is -2.51. The molecule has 1 unspecified atom stereocenters. The van der Waals surface area contributed by atoms with Crippen LogP contribution in [0.25, 0.3) is 0 Å². The minimum absolute atomic E-state index is 0.512. The zero-order valence-electron chi connectivity index (χ0n) is 10.6. The van der Waals surface area contributed by atoms with E-state index in [0.29, 0.717) is 12.6 Å². The summed E-state index contributed by atoms with van der Waals surface area (Å²) in [5.41, 5.74) is 0. The Morgan fingerprint density at radius 2 is 2.41 bits per heavy atom. The molecule has 1 saturated heterocycles. The lowest BCUT2D eigenvalue weighted by molar-refractivity contribution is 0.336. The zero-order valence-corrected chi connectivity index (χ0v) is 10.6. The van der Waals surface area contributed by atoms with E-state index in [2.05, 4.69) is 22.1 Å². The van der Waals surface area contributed by atoms with Crippen LogP contribution in [0.4, 0.5) is 5.82 Å². The highest BCUT2D eigenvalue weighted by Crippen LogP contribution is 2.28. The van der Waals surface area contributed by atoms with Crippen LogP contribution in [0.3, 0.4) is 0 Å². The predicted octanol–water partition coefficient (Wildman–Crippen LogP) is 1.67. The SMILES string of the molecule is CCOc1cccnc1N1CCNCC1CC. The summed E-state index contributed by atoms with van der Waals surface area (Å²) in [5.74, 6) is 1.89. The van der Waals surface area contributed by atoms with Gasteiger partial charge < -0.3 is 15.0 Å². The van der Waals surface area contributed by atoms with Gasteiger partial charge in [0.25, 0.3) is 0 Å². The first-order chi connectivity index (χ1) is 8.36. The molecule has 17 heavy (non-hydrogen) atoms. The maximum atomic E-state index is 5.66. The van der Waals surface area contributed by atoms with Crippen molar-refractivity contribution in [2.45, 2.75) is 26.3 Å². The first-order valence-electron chi connectivity index (χ1n) is 6.42. The van der Waals surface area contributed by atoms with Crippen molar-refractivity contribution in [3.63, 3.8) is 0 Å². The molecule has 1 aliphatic rings. The Kier molecular flexibility index (Phi) is 4.20. The van der Waals surface area contributed by atoms with E-state index in [0.717, 1.165) is 37.6 Å². The van der Waals surface area contributed by atoms with Gasteiger partial charge in [-0.05, 0) is 25.5 Å². The van der Waals surface area contributed by atoms with Gasteiger partial charge in [0.1, 0.15) is 0 Å². The highest BCUT2D eigenvalue weighted by atomic mass is 16.5. The Morgan fingerprint density at radius 1 is 1.53 bits per heavy atom. The van der Waals surface area contributed by atoms with Gasteiger partial charge in [0, 0.05) is 31.9 Å². The lowest BCUT2D eigenvalue weighted by Gasteiger charge is -2.37. The summed E-state index contributed by atoms with van der Waals surface area (Å²) < 4.78 is 5.66. The molecule has 2 rings (SSSR count). The van der Waals surface area contributed by atoms with Gasteiger partial charge in [-0.2, -0.15) is 0 Å². The average molecular weight is 235 g/mol. The minimum Gasteiger partial charge on any atom is -0.490 e. The molecule has 2 heterocycles. The third-order valence-electron chi connectivity index (χ3n) is 3.14. The molecule has 0 aromatic carbocycles. The van der Waals surface area contributed by atoms with Crippen molar-refractivity contribution in [3.8, 4) is 5.75 Å². The number of piperazine rings is 1. The Balaban J connectivity index is 2.24. The molecule has 1 aromatic rings. The van der Waals surface area contributed by atoms with E-state index < -0.39 is 0 Å². The number of nitrogens with zero attached hydrogens (tertiary/aromatic N) is 2. The molecule has 4 heteroatoms. The third kappa shape index (κ3) is 2.69. The lowest BCUT2D eigenvalue weighted by atomic mass is 10.1. The molecule has 1 fully saturated rings. The molecule has 1 atom stereocenters. The Labute approximate surface area is 103 Å². The standard InChI is InChI=1S/C13H21N3O/c1-3-11-10-14-8-9-16(11)13-12(17-4-2)6-5-7-15-13/h5-7,11,14H,3-4,8-10H2,1-2H3. The van der Waals surface area contributed by atoms with Gasteiger partial charge in [-0.3, -0.25) is 0 Å². The summed E-state index contributed by atoms with van der Waals surface area (Å²) in [7, 11) is 0. The number of hydrogen-bond acceptors (Lipinski definition) is 4. The summed E-state index contributed by atoms with van der Waals surface area (Å²) in [6, 6.07) is 4.44. The fourth-order valence-electron chi connectivity index (χ4n) is 2.27. The second-order valence-corrected chi connectivity index (χ2v) is 4.22. The maximum Gasteiger partial charge on any atom is 0.171 e. The van der Waals surface area contributed by atoms with E-state index in [-0.39, 0.29) is 0 Å². The van der Waals surface area contributed by atoms with Crippen LogP contribution >= 0.6 is 0 Å². The van der Waals surface area contributed by atoms with Crippen LogP contribution in [-0.4, -0.2) is 37.3 Å². The van der Waals surface area contributed by atoms with E-state index in [1.54, 1.807) is 0 Å². The largest absolute Gasteiger partial charge is 0.490 e. The van der Waals surface area contributed by atoms with Crippen molar-refractivity contribution >= 4 is 5.82 Å². The van der Waals surface area contributed by atoms with Gasteiger partial charge >= 0.3 is 0 Å². The van der Waals surface area contributed by atoms with Crippen molar-refractivity contribution in [1.29, 1.82) is 0 Å². The zero-order chi connectivity index (χ0) is 12.1. The molecule has 4 nitrogen and oxygen atoms in total. The van der Waals surface area contributed by atoms with E-state index in [1.165, 1.54) is 0 Å². The number of hydrogen-bond donors (Lipinski definition) is 1. The average Bonchev–Trinajstić information content (AvgIpc) is 2.40. The monoisotopic (exact) mass is 235 g/mol. The first-order valence-corrected chi connectivity index (χ1v) is 6.42. The van der Waals surface area contributed by atoms with Crippen molar-refractivity contribution in [1.82, 2.24) is 10.3 Å². The number of aromatic nitrogens is 1. The number of ether oxygens (including phenoxy) is 1. The summed E-state index contributed by atoms with van der Waals surface area (Å²) >= 11 is 0. The molecule has 1 aliphatic heterocycles. The number of rotatable bonds is 4. The molecule has 0 aliphatic carbocycles. The molecule has 0 amide bonds. The molecule has 1 aromatic heterocycles. The molecule has 0 radical (unpaired) electrons. The second-order valence-electron chi connectivity index (χ2n) is 4.22. The summed E-state index contributed by atoms with van der Waals surface area (Å²) in [6.45, 7) is 7.94. The van der Waals surface area contributed by atoms with Crippen LogP contribution in [0, 0.1) is 0 Å². The quantitative estimate of drug-likeness (QED) is 0.861. The molecule has 0 saturated carbocycles. The smallest absolute Gasteiger partial charge is 0.171 e. The van der Waals surface area contributed by atoms with Gasteiger partial charge in [0.2, 0.25) is 0 Å². The summed E-state index contributed by atoms with van der Waals surface area (Å²) in [6.07, 6.45) is 2.96. The van der Waals surface area contributed by atoms with Gasteiger partial charge in [-0.15, -0.1) is 0 Å². The van der Waals surface area contributed by atoms with E-state index in [4.69, 9.17) is 4.74 Å². The Bertz CT molecular complexity index is 356. The highest BCUT2D eigenvalue weighted by molar-refractivity contribution is 5.53. The van der Waals surface area contributed by atoms with Gasteiger partial charge in [0.05, 0.1) is 6.61 Å². The van der Waals surface area contributed by atoms with Gasteiger partial charge in [-0.25, -0.2) is 4.98 Å². The van der Waals surface area contributed by atoms with Crippen LogP contribution in [0.15, 0.2) is 18.3 Å². The van der Waals surface area contributed by atoms with E-state index in [9.17, 15) is 0 Å². The van der Waals surface area contributed by atoms with E-state index in [1.807, 2.05) is 25.3 Å². The van der Waals surface area contributed by atoms with E-state index >= 15 is 0 Å². The van der Waals surface area contributed by atoms with Gasteiger partial charge in [-0.1, -0.05) is 6.92 Å². The van der Waals surface area contributed by atoms with Crippen LogP contribution in [0.2, 0.25) is 0 Å². The third-order valence-corrected chi connectivity index (χ3v) is 3.14. The molecular weight excluding hydrogens is 214 g/mol. The highest BCUT2D eigenvalue weighted by Gasteiger charge is 2.24. The van der Waals surface area contributed by atoms with Crippen molar-refractivity contribution in [3.05, 3.63) is 18.3 Å². The Hall–Kier alpha value is -1.29. The van der Waals surface area contributed by atoms with Gasteiger partial charge in [0.15, 0.2) is 11.6 Å². The second kappa shape index (κ2) is 5.87. The number of nitrogens with one attached hydrogen (secondary N) is 1. The Morgan fingerprint density at radius 3 is 3.18 bits per heavy atom. The molecule has 94 valence electrons. The van der Waals surface area contributed by atoms with Crippen LogP contribution < -0.4 is 15.0 Å². The van der Waals surface area contributed by atoms with Crippen molar-refractivity contribution in [2.24, 2.45) is 0 Å². The molecular formula is C13H21N3O. The maximum absolute atomic E-state index is 5.66. The summed E-state index contributed by atoms with van der Waals surface area (Å²) in [5, 5.41) is 3.43. The van der Waals surface area contributed by atoms with Crippen LogP contribution in [0.1, 0.15) is 20.3 Å². The predicted molar refractivity (Wildman–Crippen MR) is 69.7 cm³/mol. The number of anilines is 1. The van der Waals surface area contributed by atoms with Crippen molar-refractivity contribution < 1.29 is 4.74 Å². The first kappa shape index (κ1) is 12.2.